The number of rotatable bonds is 2. The zero-order chi connectivity index (χ0) is 7.49. The van der Waals surface area contributed by atoms with E-state index >= 15 is 0 Å². The standard InChI is InChI=1S/C8H18N.ClH/c1-6-7-9(4,5)8(2)3;/h6-8H,1-5H3;1H/q+1;/p-1. The summed E-state index contributed by atoms with van der Waals surface area (Å²) in [6, 6.07) is 0.668. The molecular weight excluding hydrogens is 146 g/mol. The van der Waals surface area contributed by atoms with Crippen molar-refractivity contribution in [1.29, 1.82) is 0 Å². The van der Waals surface area contributed by atoms with Crippen LogP contribution in [0.4, 0.5) is 0 Å². The summed E-state index contributed by atoms with van der Waals surface area (Å²) in [7, 11) is 4.40. The van der Waals surface area contributed by atoms with Crippen molar-refractivity contribution >= 4 is 0 Å². The first-order valence-electron chi connectivity index (χ1n) is 3.48. The summed E-state index contributed by atoms with van der Waals surface area (Å²) in [6.45, 7) is 6.50. The van der Waals surface area contributed by atoms with E-state index in [4.69, 9.17) is 0 Å². The fourth-order valence-corrected chi connectivity index (χ4v) is 0.556. The molecular formula is C8H18ClN. The summed E-state index contributed by atoms with van der Waals surface area (Å²) in [5.41, 5.74) is 0. The van der Waals surface area contributed by atoms with E-state index in [2.05, 4.69) is 47.1 Å². The lowest BCUT2D eigenvalue weighted by Crippen LogP contribution is -3.00. The van der Waals surface area contributed by atoms with Crippen LogP contribution in [0.15, 0.2) is 12.3 Å². The van der Waals surface area contributed by atoms with Crippen molar-refractivity contribution in [3.8, 4) is 0 Å². The van der Waals surface area contributed by atoms with Crippen molar-refractivity contribution in [2.24, 2.45) is 0 Å². The van der Waals surface area contributed by atoms with Crippen molar-refractivity contribution in [2.75, 3.05) is 14.1 Å². The van der Waals surface area contributed by atoms with E-state index in [-0.39, 0.29) is 12.4 Å². The highest BCUT2D eigenvalue weighted by Gasteiger charge is 2.14. The van der Waals surface area contributed by atoms with Gasteiger partial charge < -0.3 is 16.9 Å². The van der Waals surface area contributed by atoms with Gasteiger partial charge in [0, 0.05) is 0 Å². The van der Waals surface area contributed by atoms with Crippen LogP contribution < -0.4 is 12.4 Å². The van der Waals surface area contributed by atoms with Crippen molar-refractivity contribution in [1.82, 2.24) is 0 Å². The maximum absolute atomic E-state index is 2.22. The molecule has 0 aromatic rings. The highest BCUT2D eigenvalue weighted by molar-refractivity contribution is 4.67. The van der Waals surface area contributed by atoms with Crippen LogP contribution in [-0.2, 0) is 0 Å². The van der Waals surface area contributed by atoms with E-state index < -0.39 is 0 Å². The Hall–Kier alpha value is -0.0100. The fourth-order valence-electron chi connectivity index (χ4n) is 0.556. The molecule has 0 rings (SSSR count). The second-order valence-corrected chi connectivity index (χ2v) is 3.21. The van der Waals surface area contributed by atoms with E-state index in [9.17, 15) is 0 Å². The van der Waals surface area contributed by atoms with Gasteiger partial charge >= 0.3 is 0 Å². The molecule has 1 nitrogen and oxygen atoms in total. The first kappa shape index (κ1) is 12.6. The maximum atomic E-state index is 2.22. The first-order chi connectivity index (χ1) is 4.00. The van der Waals surface area contributed by atoms with Gasteiger partial charge in [-0.25, -0.2) is 0 Å². The Morgan fingerprint density at radius 2 is 1.60 bits per heavy atom. The topological polar surface area (TPSA) is 0 Å². The molecule has 0 aromatic carbocycles. The van der Waals surface area contributed by atoms with Gasteiger partial charge in [0.25, 0.3) is 0 Å². The van der Waals surface area contributed by atoms with E-state index in [1.54, 1.807) is 0 Å². The summed E-state index contributed by atoms with van der Waals surface area (Å²) in [6.07, 6.45) is 4.30. The average molecular weight is 164 g/mol. The summed E-state index contributed by atoms with van der Waals surface area (Å²) in [4.78, 5) is 0. The van der Waals surface area contributed by atoms with Gasteiger partial charge in [-0.05, 0) is 26.8 Å². The van der Waals surface area contributed by atoms with Gasteiger partial charge in [-0.1, -0.05) is 0 Å². The maximum Gasteiger partial charge on any atom is 0.0913 e. The second-order valence-electron chi connectivity index (χ2n) is 3.21. The Morgan fingerprint density at radius 1 is 1.20 bits per heavy atom. The van der Waals surface area contributed by atoms with Crippen LogP contribution in [0.2, 0.25) is 0 Å². The van der Waals surface area contributed by atoms with E-state index in [1.165, 1.54) is 0 Å². The molecule has 0 spiro atoms. The van der Waals surface area contributed by atoms with Crippen LogP contribution >= 0.6 is 0 Å². The number of allylic oxidation sites excluding steroid dienone is 1. The summed E-state index contributed by atoms with van der Waals surface area (Å²) >= 11 is 0. The van der Waals surface area contributed by atoms with Gasteiger partial charge in [0.1, 0.15) is 0 Å². The minimum absolute atomic E-state index is 0. The molecule has 0 amide bonds. The van der Waals surface area contributed by atoms with Gasteiger partial charge in [-0.15, -0.1) is 0 Å². The van der Waals surface area contributed by atoms with Crippen LogP contribution in [0.25, 0.3) is 0 Å². The number of hydrogen-bond donors (Lipinski definition) is 0. The minimum atomic E-state index is 0. The Kier molecular flexibility index (Phi) is 6.01. The molecule has 0 aliphatic carbocycles. The van der Waals surface area contributed by atoms with E-state index in [1.807, 2.05) is 0 Å². The zero-order valence-electron chi connectivity index (χ0n) is 7.56. The largest absolute Gasteiger partial charge is 1.00 e. The smallest absolute Gasteiger partial charge is 0.0913 e. The molecule has 0 fully saturated rings. The quantitative estimate of drug-likeness (QED) is 0.459. The number of halogens is 1. The number of nitrogens with zero attached hydrogens (tertiary/aromatic N) is 1. The number of hydrogen-bond acceptors (Lipinski definition) is 0. The summed E-state index contributed by atoms with van der Waals surface area (Å²) in [5.74, 6) is 0. The molecule has 0 aromatic heterocycles. The molecule has 0 N–H and O–H groups in total. The van der Waals surface area contributed by atoms with Crippen LogP contribution in [0.5, 0.6) is 0 Å². The molecule has 0 aliphatic rings. The fraction of sp³-hybridized carbons (Fsp3) is 0.750. The Balaban J connectivity index is 0. The van der Waals surface area contributed by atoms with E-state index in [0.29, 0.717) is 6.04 Å². The predicted octanol–water partition coefficient (Wildman–Crippen LogP) is -0.991. The predicted molar refractivity (Wildman–Crippen MR) is 42.1 cm³/mol. The first-order valence-corrected chi connectivity index (χ1v) is 3.48. The molecule has 0 unspecified atom stereocenters. The van der Waals surface area contributed by atoms with Crippen LogP contribution in [-0.4, -0.2) is 24.6 Å². The molecule has 0 saturated carbocycles. The van der Waals surface area contributed by atoms with Crippen molar-refractivity contribution < 1.29 is 16.9 Å². The third kappa shape index (κ3) is 3.91. The second kappa shape index (κ2) is 4.75. The zero-order valence-corrected chi connectivity index (χ0v) is 8.31. The van der Waals surface area contributed by atoms with Gasteiger partial charge in [0.05, 0.1) is 26.3 Å². The molecule has 62 valence electrons. The molecule has 0 bridgehead atoms. The lowest BCUT2D eigenvalue weighted by Gasteiger charge is -2.29. The van der Waals surface area contributed by atoms with Crippen molar-refractivity contribution in [3.05, 3.63) is 12.3 Å². The highest BCUT2D eigenvalue weighted by atomic mass is 35.5. The highest BCUT2D eigenvalue weighted by Crippen LogP contribution is 2.05. The van der Waals surface area contributed by atoms with Gasteiger partial charge in [0.15, 0.2) is 0 Å². The average Bonchev–Trinajstić information content (AvgIpc) is 1.65. The van der Waals surface area contributed by atoms with Crippen LogP contribution in [0, 0.1) is 0 Å². The van der Waals surface area contributed by atoms with Crippen molar-refractivity contribution in [3.63, 3.8) is 0 Å². The SMILES string of the molecule is CC=C[N+](C)(C)C(C)C.[Cl-]. The van der Waals surface area contributed by atoms with Gasteiger partial charge in [0.2, 0.25) is 0 Å². The minimum Gasteiger partial charge on any atom is -1.00 e. The molecule has 2 heteroatoms. The van der Waals surface area contributed by atoms with Gasteiger partial charge in [-0.3, -0.25) is 0 Å². The third-order valence-electron chi connectivity index (χ3n) is 1.86. The van der Waals surface area contributed by atoms with Crippen LogP contribution in [0.3, 0.4) is 0 Å². The van der Waals surface area contributed by atoms with E-state index in [0.717, 1.165) is 4.48 Å². The molecule has 0 heterocycles. The summed E-state index contributed by atoms with van der Waals surface area (Å²) < 4.78 is 0.969. The monoisotopic (exact) mass is 163 g/mol. The Labute approximate surface area is 70.7 Å². The third-order valence-corrected chi connectivity index (χ3v) is 1.86. The molecule has 0 atom stereocenters. The summed E-state index contributed by atoms with van der Waals surface area (Å²) in [5, 5.41) is 0. The lowest BCUT2D eigenvalue weighted by atomic mass is 10.3. The Bertz CT molecular complexity index is 106. The van der Waals surface area contributed by atoms with Crippen LogP contribution in [0.1, 0.15) is 20.8 Å². The molecule has 0 radical (unpaired) electrons. The lowest BCUT2D eigenvalue weighted by molar-refractivity contribution is -0.861. The molecule has 0 aliphatic heterocycles. The Morgan fingerprint density at radius 3 is 1.70 bits per heavy atom. The molecule has 10 heavy (non-hydrogen) atoms. The van der Waals surface area contributed by atoms with Crippen molar-refractivity contribution in [2.45, 2.75) is 26.8 Å². The van der Waals surface area contributed by atoms with Gasteiger partial charge in [-0.2, -0.15) is 0 Å². The normalized spacial score (nSPS) is 12.2. The molecule has 0 saturated heterocycles. The number of quaternary nitrogens is 1.